The van der Waals surface area contributed by atoms with Gasteiger partial charge >= 0.3 is 5.97 Å². The first kappa shape index (κ1) is 15.2. The van der Waals surface area contributed by atoms with Gasteiger partial charge in [-0.3, -0.25) is 9.69 Å². The lowest BCUT2D eigenvalue weighted by Gasteiger charge is -2.29. The molecule has 0 heterocycles. The highest BCUT2D eigenvalue weighted by atomic mass is 16.4. The Bertz CT molecular complexity index is 432. The third-order valence-corrected chi connectivity index (χ3v) is 2.77. The van der Waals surface area contributed by atoms with Gasteiger partial charge in [-0.1, -0.05) is 32.0 Å². The SMILES string of the molecule is CC(C)C[C@@H](C(=O)O)N(C(=O)CN)c1ccccc1. The zero-order chi connectivity index (χ0) is 14.4. The molecule has 104 valence electrons. The topological polar surface area (TPSA) is 83.6 Å². The molecule has 1 aromatic rings. The van der Waals surface area contributed by atoms with E-state index in [9.17, 15) is 14.7 Å². The first-order chi connectivity index (χ1) is 8.97. The second-order valence-electron chi connectivity index (χ2n) is 4.79. The van der Waals surface area contributed by atoms with Crippen LogP contribution >= 0.6 is 0 Å². The number of nitrogens with two attached hydrogens (primary N) is 1. The monoisotopic (exact) mass is 264 g/mol. The summed E-state index contributed by atoms with van der Waals surface area (Å²) in [5.41, 5.74) is 5.96. The van der Waals surface area contributed by atoms with Crippen molar-refractivity contribution >= 4 is 17.6 Å². The van der Waals surface area contributed by atoms with Crippen molar-refractivity contribution < 1.29 is 14.7 Å². The van der Waals surface area contributed by atoms with Crippen LogP contribution in [-0.4, -0.2) is 29.6 Å². The number of amides is 1. The maximum atomic E-state index is 12.0. The summed E-state index contributed by atoms with van der Waals surface area (Å²) in [5, 5.41) is 9.36. The molecule has 0 saturated heterocycles. The number of hydrogen-bond donors (Lipinski definition) is 2. The summed E-state index contributed by atoms with van der Waals surface area (Å²) in [7, 11) is 0. The first-order valence-corrected chi connectivity index (χ1v) is 6.27. The number of rotatable bonds is 6. The number of carbonyl (C=O) groups excluding carboxylic acids is 1. The van der Waals surface area contributed by atoms with Gasteiger partial charge in [0.15, 0.2) is 0 Å². The van der Waals surface area contributed by atoms with Crippen LogP contribution in [0, 0.1) is 5.92 Å². The molecular formula is C14H20N2O3. The van der Waals surface area contributed by atoms with Crippen molar-refractivity contribution in [2.75, 3.05) is 11.4 Å². The highest BCUT2D eigenvalue weighted by Crippen LogP contribution is 2.21. The Morgan fingerprint density at radius 3 is 2.26 bits per heavy atom. The Labute approximate surface area is 113 Å². The van der Waals surface area contributed by atoms with Gasteiger partial charge < -0.3 is 10.8 Å². The number of anilines is 1. The van der Waals surface area contributed by atoms with Crippen LogP contribution in [0.2, 0.25) is 0 Å². The molecule has 0 saturated carbocycles. The van der Waals surface area contributed by atoms with Crippen molar-refractivity contribution in [3.8, 4) is 0 Å². The van der Waals surface area contributed by atoms with E-state index < -0.39 is 12.0 Å². The number of benzene rings is 1. The number of carboxylic acids is 1. The molecule has 1 atom stereocenters. The third kappa shape index (κ3) is 4.06. The lowest BCUT2D eigenvalue weighted by atomic mass is 10.0. The standard InChI is InChI=1S/C14H20N2O3/c1-10(2)8-12(14(18)19)16(13(17)9-15)11-6-4-3-5-7-11/h3-7,10,12H,8-9,15H2,1-2H3,(H,18,19)/t12-/m0/s1. The van der Waals surface area contributed by atoms with Crippen LogP contribution in [0.25, 0.3) is 0 Å². The number of nitrogens with zero attached hydrogens (tertiary/aromatic N) is 1. The molecule has 0 radical (unpaired) electrons. The Kier molecular flexibility index (Phi) is 5.51. The predicted molar refractivity (Wildman–Crippen MR) is 73.9 cm³/mol. The van der Waals surface area contributed by atoms with Crippen LogP contribution in [0.15, 0.2) is 30.3 Å². The van der Waals surface area contributed by atoms with Gasteiger partial charge in [0.05, 0.1) is 6.54 Å². The van der Waals surface area contributed by atoms with Crippen LogP contribution in [0.1, 0.15) is 20.3 Å². The smallest absolute Gasteiger partial charge is 0.326 e. The molecule has 0 spiro atoms. The molecule has 0 aromatic heterocycles. The summed E-state index contributed by atoms with van der Waals surface area (Å²) in [6.07, 6.45) is 0.385. The van der Waals surface area contributed by atoms with Gasteiger partial charge in [0, 0.05) is 5.69 Å². The van der Waals surface area contributed by atoms with Crippen molar-refractivity contribution in [1.29, 1.82) is 0 Å². The van der Waals surface area contributed by atoms with Gasteiger partial charge in [-0.2, -0.15) is 0 Å². The Hall–Kier alpha value is -1.88. The number of carboxylic acid groups (broad SMARTS) is 1. The molecule has 1 amide bonds. The van der Waals surface area contributed by atoms with Crippen molar-refractivity contribution in [2.45, 2.75) is 26.3 Å². The van der Waals surface area contributed by atoms with E-state index in [-0.39, 0.29) is 18.4 Å². The highest BCUT2D eigenvalue weighted by molar-refractivity contribution is 6.00. The minimum atomic E-state index is -1.01. The molecule has 19 heavy (non-hydrogen) atoms. The number of para-hydroxylation sites is 1. The van der Waals surface area contributed by atoms with Crippen molar-refractivity contribution in [1.82, 2.24) is 0 Å². The normalized spacial score (nSPS) is 12.2. The molecule has 0 bridgehead atoms. The maximum Gasteiger partial charge on any atom is 0.326 e. The van der Waals surface area contributed by atoms with E-state index in [0.717, 1.165) is 0 Å². The van der Waals surface area contributed by atoms with E-state index in [4.69, 9.17) is 5.73 Å². The second kappa shape index (κ2) is 6.89. The van der Waals surface area contributed by atoms with Crippen molar-refractivity contribution in [3.05, 3.63) is 30.3 Å². The van der Waals surface area contributed by atoms with Crippen LogP contribution in [0.4, 0.5) is 5.69 Å². The van der Waals surface area contributed by atoms with Crippen LogP contribution < -0.4 is 10.6 Å². The van der Waals surface area contributed by atoms with Crippen molar-refractivity contribution in [3.63, 3.8) is 0 Å². The van der Waals surface area contributed by atoms with Gasteiger partial charge in [0.2, 0.25) is 5.91 Å². The van der Waals surface area contributed by atoms with E-state index in [1.807, 2.05) is 19.9 Å². The predicted octanol–water partition coefficient (Wildman–Crippen LogP) is 1.48. The minimum absolute atomic E-state index is 0.165. The fourth-order valence-corrected chi connectivity index (χ4v) is 1.95. The summed E-state index contributed by atoms with van der Waals surface area (Å²) in [6.45, 7) is 3.63. The summed E-state index contributed by atoms with van der Waals surface area (Å²) in [4.78, 5) is 24.7. The Morgan fingerprint density at radius 2 is 1.84 bits per heavy atom. The molecule has 0 aliphatic rings. The number of hydrogen-bond acceptors (Lipinski definition) is 3. The summed E-state index contributed by atoms with van der Waals surface area (Å²) in [5.74, 6) is -1.24. The molecule has 3 N–H and O–H groups in total. The molecule has 0 fully saturated rings. The highest BCUT2D eigenvalue weighted by Gasteiger charge is 2.30. The van der Waals surface area contributed by atoms with Gasteiger partial charge in [-0.25, -0.2) is 4.79 Å². The summed E-state index contributed by atoms with van der Waals surface area (Å²) < 4.78 is 0. The van der Waals surface area contributed by atoms with E-state index >= 15 is 0 Å². The minimum Gasteiger partial charge on any atom is -0.480 e. The Balaban J connectivity index is 3.14. The average Bonchev–Trinajstić information content (AvgIpc) is 2.38. The van der Waals surface area contributed by atoms with Crippen molar-refractivity contribution in [2.24, 2.45) is 11.7 Å². The first-order valence-electron chi connectivity index (χ1n) is 6.27. The van der Waals surface area contributed by atoms with E-state index in [1.54, 1.807) is 24.3 Å². The van der Waals surface area contributed by atoms with E-state index in [2.05, 4.69) is 0 Å². The third-order valence-electron chi connectivity index (χ3n) is 2.77. The molecule has 5 heteroatoms. The molecule has 0 aliphatic heterocycles. The lowest BCUT2D eigenvalue weighted by Crippen LogP contribution is -2.48. The zero-order valence-electron chi connectivity index (χ0n) is 11.2. The fourth-order valence-electron chi connectivity index (χ4n) is 1.95. The number of carbonyl (C=O) groups is 2. The summed E-state index contributed by atoms with van der Waals surface area (Å²) >= 11 is 0. The molecule has 0 unspecified atom stereocenters. The largest absolute Gasteiger partial charge is 0.480 e. The summed E-state index contributed by atoms with van der Waals surface area (Å²) in [6, 6.07) is 7.87. The second-order valence-corrected chi connectivity index (χ2v) is 4.79. The van der Waals surface area contributed by atoms with Gasteiger partial charge in [0.25, 0.3) is 0 Å². The van der Waals surface area contributed by atoms with Crippen LogP contribution in [0.3, 0.4) is 0 Å². The molecule has 5 nitrogen and oxygen atoms in total. The maximum absolute atomic E-state index is 12.0. The molecule has 1 rings (SSSR count). The molecule has 0 aliphatic carbocycles. The Morgan fingerprint density at radius 1 is 1.26 bits per heavy atom. The van der Waals surface area contributed by atoms with Crippen LogP contribution in [-0.2, 0) is 9.59 Å². The molecule has 1 aromatic carbocycles. The van der Waals surface area contributed by atoms with Gasteiger partial charge in [-0.15, -0.1) is 0 Å². The fraction of sp³-hybridized carbons (Fsp3) is 0.429. The quantitative estimate of drug-likeness (QED) is 0.815. The van der Waals surface area contributed by atoms with E-state index in [1.165, 1.54) is 4.90 Å². The molecular weight excluding hydrogens is 244 g/mol. The lowest BCUT2D eigenvalue weighted by molar-refractivity contribution is -0.140. The number of aliphatic carboxylic acids is 1. The average molecular weight is 264 g/mol. The zero-order valence-corrected chi connectivity index (χ0v) is 11.2. The van der Waals surface area contributed by atoms with Crippen LogP contribution in [0.5, 0.6) is 0 Å². The van der Waals surface area contributed by atoms with Gasteiger partial charge in [-0.05, 0) is 24.5 Å². The van der Waals surface area contributed by atoms with E-state index in [0.29, 0.717) is 12.1 Å². The van der Waals surface area contributed by atoms with Gasteiger partial charge in [0.1, 0.15) is 6.04 Å².